The van der Waals surface area contributed by atoms with Crippen LogP contribution in [-0.4, -0.2) is 29.7 Å². The van der Waals surface area contributed by atoms with Crippen LogP contribution in [-0.2, 0) is 0 Å². The van der Waals surface area contributed by atoms with Crippen molar-refractivity contribution >= 4 is 23.1 Å². The Morgan fingerprint density at radius 2 is 2.12 bits per heavy atom. The summed E-state index contributed by atoms with van der Waals surface area (Å²) in [5.74, 6) is -0.251. The van der Waals surface area contributed by atoms with Crippen LogP contribution in [0.25, 0.3) is 0 Å². The van der Waals surface area contributed by atoms with E-state index >= 15 is 0 Å². The highest BCUT2D eigenvalue weighted by Gasteiger charge is 2.32. The predicted molar refractivity (Wildman–Crippen MR) is 91.6 cm³/mol. The standard InChI is InChI=1S/C15H21F3N4OS/c1-3-21-9-8-13(24-14(19)20)22-10(2)11-6-4-5-7-12(11)23-15(16,17)18/h4-7,9-10,13,22H,3,8H2,1-2H3,(H3,19,20). The summed E-state index contributed by atoms with van der Waals surface area (Å²) >= 11 is 1.09. The van der Waals surface area contributed by atoms with E-state index in [9.17, 15) is 13.2 Å². The normalized spacial score (nSPS) is 14.5. The van der Waals surface area contributed by atoms with Gasteiger partial charge in [0.25, 0.3) is 0 Å². The van der Waals surface area contributed by atoms with Gasteiger partial charge in [-0.1, -0.05) is 30.0 Å². The van der Waals surface area contributed by atoms with Crippen LogP contribution in [0.4, 0.5) is 13.2 Å². The fraction of sp³-hybridized carbons (Fsp3) is 0.467. The molecule has 9 heteroatoms. The molecule has 2 unspecified atom stereocenters. The number of nitrogens with two attached hydrogens (primary N) is 1. The molecule has 4 N–H and O–H groups in total. The van der Waals surface area contributed by atoms with E-state index in [4.69, 9.17) is 11.1 Å². The second kappa shape index (κ2) is 9.53. The first-order valence-corrected chi connectivity index (χ1v) is 8.20. The largest absolute Gasteiger partial charge is 0.573 e. The topological polar surface area (TPSA) is 83.5 Å². The summed E-state index contributed by atoms with van der Waals surface area (Å²) in [6.07, 6.45) is -2.56. The Balaban J connectivity index is 2.88. The van der Waals surface area contributed by atoms with Crippen LogP contribution in [0.1, 0.15) is 31.9 Å². The maximum Gasteiger partial charge on any atom is 0.573 e. The number of thioether (sulfide) groups is 1. The summed E-state index contributed by atoms with van der Waals surface area (Å²) < 4.78 is 41.6. The summed E-state index contributed by atoms with van der Waals surface area (Å²) in [6.45, 7) is 4.25. The highest BCUT2D eigenvalue weighted by Crippen LogP contribution is 2.31. The molecule has 0 aliphatic rings. The van der Waals surface area contributed by atoms with E-state index in [1.165, 1.54) is 12.1 Å². The molecule has 5 nitrogen and oxygen atoms in total. The van der Waals surface area contributed by atoms with E-state index < -0.39 is 12.4 Å². The molecule has 0 aromatic heterocycles. The van der Waals surface area contributed by atoms with Gasteiger partial charge in [-0.05, 0) is 19.9 Å². The van der Waals surface area contributed by atoms with Crippen LogP contribution in [0.2, 0.25) is 0 Å². The Bertz CT molecular complexity index is 566. The number of rotatable bonds is 8. The number of ether oxygens (including phenoxy) is 1. The van der Waals surface area contributed by atoms with Crippen LogP contribution in [0.15, 0.2) is 29.3 Å². The number of halogens is 3. The Morgan fingerprint density at radius 1 is 1.46 bits per heavy atom. The summed E-state index contributed by atoms with van der Waals surface area (Å²) in [4.78, 5) is 4.10. The molecule has 1 aromatic carbocycles. The number of benzene rings is 1. The van der Waals surface area contributed by atoms with Gasteiger partial charge >= 0.3 is 6.36 Å². The lowest BCUT2D eigenvalue weighted by atomic mass is 10.1. The summed E-state index contributed by atoms with van der Waals surface area (Å²) in [5, 5.41) is 10.2. The van der Waals surface area contributed by atoms with Crippen molar-refractivity contribution < 1.29 is 17.9 Å². The molecule has 134 valence electrons. The maximum atomic E-state index is 12.5. The molecule has 1 rings (SSSR count). The molecular formula is C15H21F3N4OS. The fourth-order valence-electron chi connectivity index (χ4n) is 2.03. The lowest BCUT2D eigenvalue weighted by Gasteiger charge is -2.23. The van der Waals surface area contributed by atoms with Gasteiger partial charge in [-0.2, -0.15) is 0 Å². The first kappa shape index (κ1) is 20.3. The minimum absolute atomic E-state index is 0.0792. The van der Waals surface area contributed by atoms with Crippen molar-refractivity contribution in [1.29, 1.82) is 5.41 Å². The third-order valence-electron chi connectivity index (χ3n) is 2.95. The summed E-state index contributed by atoms with van der Waals surface area (Å²) in [6, 6.07) is 5.52. The van der Waals surface area contributed by atoms with E-state index in [1.54, 1.807) is 25.3 Å². The second-order valence-electron chi connectivity index (χ2n) is 4.86. The van der Waals surface area contributed by atoms with Crippen molar-refractivity contribution in [2.75, 3.05) is 6.54 Å². The highest BCUT2D eigenvalue weighted by atomic mass is 32.2. The summed E-state index contributed by atoms with van der Waals surface area (Å²) in [7, 11) is 0. The van der Waals surface area contributed by atoms with E-state index in [1.807, 2.05) is 6.92 Å². The zero-order valence-electron chi connectivity index (χ0n) is 13.4. The van der Waals surface area contributed by atoms with Gasteiger partial charge in [0.05, 0.1) is 5.37 Å². The van der Waals surface area contributed by atoms with Crippen molar-refractivity contribution in [3.63, 3.8) is 0 Å². The zero-order valence-corrected chi connectivity index (χ0v) is 14.2. The average Bonchev–Trinajstić information content (AvgIpc) is 2.45. The molecule has 0 saturated heterocycles. The molecule has 0 heterocycles. The van der Waals surface area contributed by atoms with Crippen LogP contribution < -0.4 is 15.8 Å². The molecule has 2 atom stereocenters. The van der Waals surface area contributed by atoms with Crippen molar-refractivity contribution in [2.45, 2.75) is 38.0 Å². The number of para-hydroxylation sites is 1. The van der Waals surface area contributed by atoms with Gasteiger partial charge in [0.15, 0.2) is 5.17 Å². The smallest absolute Gasteiger partial charge is 0.405 e. The van der Waals surface area contributed by atoms with Gasteiger partial charge in [0, 0.05) is 30.8 Å². The number of aliphatic imine (C=N–C) groups is 1. The van der Waals surface area contributed by atoms with Gasteiger partial charge in [-0.15, -0.1) is 13.2 Å². The van der Waals surface area contributed by atoms with Gasteiger partial charge in [0.2, 0.25) is 0 Å². The quantitative estimate of drug-likeness (QED) is 0.374. The van der Waals surface area contributed by atoms with E-state index in [2.05, 4.69) is 15.0 Å². The zero-order chi connectivity index (χ0) is 18.2. The molecular weight excluding hydrogens is 341 g/mol. The molecule has 24 heavy (non-hydrogen) atoms. The number of alkyl halides is 3. The fourth-order valence-corrected chi connectivity index (χ4v) is 2.79. The van der Waals surface area contributed by atoms with Gasteiger partial charge < -0.3 is 10.5 Å². The molecule has 0 spiro atoms. The van der Waals surface area contributed by atoms with Gasteiger partial charge in [-0.25, -0.2) is 0 Å². The second-order valence-corrected chi connectivity index (χ2v) is 6.11. The van der Waals surface area contributed by atoms with E-state index in [0.29, 0.717) is 18.5 Å². The Labute approximate surface area is 143 Å². The number of amidine groups is 1. The minimum atomic E-state index is -4.75. The lowest BCUT2D eigenvalue weighted by Crippen LogP contribution is -2.32. The van der Waals surface area contributed by atoms with Gasteiger partial charge in [-0.3, -0.25) is 15.7 Å². The third-order valence-corrected chi connectivity index (χ3v) is 3.81. The van der Waals surface area contributed by atoms with Crippen LogP contribution in [0.3, 0.4) is 0 Å². The summed E-state index contributed by atoms with van der Waals surface area (Å²) in [5.41, 5.74) is 5.79. The SMILES string of the molecule is CCN=CCC(NC(C)c1ccccc1OC(F)(F)F)SC(=N)N. The van der Waals surface area contributed by atoms with E-state index in [-0.39, 0.29) is 16.3 Å². The molecule has 0 amide bonds. The molecule has 0 aliphatic carbocycles. The van der Waals surface area contributed by atoms with Crippen molar-refractivity contribution in [3.8, 4) is 5.75 Å². The molecule has 0 fully saturated rings. The molecule has 1 aromatic rings. The molecule has 0 saturated carbocycles. The predicted octanol–water partition coefficient (Wildman–Crippen LogP) is 3.67. The van der Waals surface area contributed by atoms with Crippen molar-refractivity contribution in [2.24, 2.45) is 10.7 Å². The highest BCUT2D eigenvalue weighted by molar-refractivity contribution is 8.14. The monoisotopic (exact) mass is 362 g/mol. The molecule has 0 radical (unpaired) electrons. The molecule has 0 aliphatic heterocycles. The van der Waals surface area contributed by atoms with Crippen molar-refractivity contribution in [1.82, 2.24) is 5.32 Å². The minimum Gasteiger partial charge on any atom is -0.405 e. The lowest BCUT2D eigenvalue weighted by molar-refractivity contribution is -0.275. The van der Waals surface area contributed by atoms with Crippen LogP contribution in [0, 0.1) is 5.41 Å². The van der Waals surface area contributed by atoms with Crippen LogP contribution in [0.5, 0.6) is 5.75 Å². The average molecular weight is 362 g/mol. The van der Waals surface area contributed by atoms with Crippen molar-refractivity contribution in [3.05, 3.63) is 29.8 Å². The maximum absolute atomic E-state index is 12.5. The number of nitrogens with one attached hydrogen (secondary N) is 2. The first-order valence-electron chi connectivity index (χ1n) is 7.32. The van der Waals surface area contributed by atoms with Crippen LogP contribution >= 0.6 is 11.8 Å². The number of hydrogen-bond donors (Lipinski definition) is 3. The number of nitrogens with zero attached hydrogens (tertiary/aromatic N) is 1. The third kappa shape index (κ3) is 7.69. The molecule has 0 bridgehead atoms. The Hall–Kier alpha value is -1.74. The first-order chi connectivity index (χ1) is 11.2. The number of hydrogen-bond acceptors (Lipinski definition) is 5. The Morgan fingerprint density at radius 3 is 2.71 bits per heavy atom. The Kier molecular flexibility index (Phi) is 8.06. The van der Waals surface area contributed by atoms with E-state index in [0.717, 1.165) is 11.8 Å². The van der Waals surface area contributed by atoms with Gasteiger partial charge in [0.1, 0.15) is 5.75 Å².